The molecule has 5 atom stereocenters. The van der Waals surface area contributed by atoms with E-state index in [9.17, 15) is 14.7 Å². The molecule has 8 rings (SSSR count). The van der Waals surface area contributed by atoms with Gasteiger partial charge in [-0.25, -0.2) is 0 Å². The van der Waals surface area contributed by atoms with Crippen LogP contribution < -0.4 is 29.8 Å². The van der Waals surface area contributed by atoms with Crippen molar-refractivity contribution in [2.75, 3.05) is 50.4 Å². The maximum Gasteiger partial charge on any atom is 0.254 e. The van der Waals surface area contributed by atoms with Crippen molar-refractivity contribution in [2.24, 2.45) is 5.92 Å². The molecule has 1 spiro atoms. The predicted molar refractivity (Wildman–Crippen MR) is 226 cm³/mol. The van der Waals surface area contributed by atoms with Crippen molar-refractivity contribution in [1.82, 2.24) is 10.2 Å². The minimum atomic E-state index is -2.48. The number of ether oxygens (including phenoxy) is 3. The van der Waals surface area contributed by atoms with Gasteiger partial charge in [0.25, 0.3) is 5.91 Å². The normalized spacial score (nSPS) is 23.5. The van der Waals surface area contributed by atoms with Gasteiger partial charge in [0.2, 0.25) is 5.91 Å². The molecule has 11 heteroatoms. The zero-order chi connectivity index (χ0) is 39.9. The van der Waals surface area contributed by atoms with Crippen LogP contribution in [0.1, 0.15) is 49.0 Å². The number of fused-ring (bicyclic) bond motifs is 2. The lowest BCUT2D eigenvalue weighted by molar-refractivity contribution is -0.136. The number of hydrogen-bond acceptors (Lipinski definition) is 8. The molecule has 0 aromatic heterocycles. The smallest absolute Gasteiger partial charge is 0.254 e. The van der Waals surface area contributed by atoms with Gasteiger partial charge in [0.05, 0.1) is 40.6 Å². The first-order valence-corrected chi connectivity index (χ1v) is 23.5. The Morgan fingerprint density at radius 2 is 1.65 bits per heavy atom. The van der Waals surface area contributed by atoms with E-state index in [0.717, 1.165) is 54.2 Å². The van der Waals surface area contributed by atoms with E-state index in [2.05, 4.69) is 72.7 Å². The van der Waals surface area contributed by atoms with E-state index < -0.39 is 13.6 Å². The highest BCUT2D eigenvalue weighted by atomic mass is 28.3. The molecular formula is C46H56N4O6Si. The number of carbonyl (C=O) groups excluding carboxylic acids is 2. The summed E-state index contributed by atoms with van der Waals surface area (Å²) < 4.78 is 19.0. The number of anilines is 2. The fraction of sp³-hybridized carbons (Fsp3) is 0.435. The van der Waals surface area contributed by atoms with Gasteiger partial charge in [-0.05, 0) is 85.9 Å². The van der Waals surface area contributed by atoms with Gasteiger partial charge < -0.3 is 34.4 Å². The fourth-order valence-electron chi connectivity index (χ4n) is 10.1. The number of nitrogens with zero attached hydrogens (tertiary/aromatic N) is 3. The Balaban J connectivity index is 1.13. The van der Waals surface area contributed by atoms with Gasteiger partial charge in [0, 0.05) is 48.5 Å². The topological polar surface area (TPSA) is 104 Å². The van der Waals surface area contributed by atoms with Crippen LogP contribution in [0.4, 0.5) is 11.4 Å². The molecule has 10 nitrogen and oxygen atoms in total. The van der Waals surface area contributed by atoms with Crippen molar-refractivity contribution in [3.63, 3.8) is 0 Å². The second kappa shape index (κ2) is 15.9. The summed E-state index contributed by atoms with van der Waals surface area (Å²) >= 11 is 0. The van der Waals surface area contributed by atoms with Gasteiger partial charge in [0.15, 0.2) is 0 Å². The van der Waals surface area contributed by atoms with Gasteiger partial charge in [-0.15, -0.1) is 0 Å². The molecule has 4 aromatic rings. The van der Waals surface area contributed by atoms with Crippen LogP contribution in [0.25, 0.3) is 0 Å². The number of piperidine rings is 1. The quantitative estimate of drug-likeness (QED) is 0.188. The molecule has 0 aliphatic carbocycles. The summed E-state index contributed by atoms with van der Waals surface area (Å²) in [6.07, 6.45) is 1.70. The maximum atomic E-state index is 14.7. The molecule has 57 heavy (non-hydrogen) atoms. The minimum Gasteiger partial charge on any atom is -0.497 e. The molecule has 0 radical (unpaired) electrons. The summed E-state index contributed by atoms with van der Waals surface area (Å²) in [4.78, 5) is 35.3. The van der Waals surface area contributed by atoms with Gasteiger partial charge in [-0.1, -0.05) is 79.8 Å². The number of amides is 2. The van der Waals surface area contributed by atoms with Gasteiger partial charge in [-0.2, -0.15) is 0 Å². The summed E-state index contributed by atoms with van der Waals surface area (Å²) in [5, 5.41) is 15.2. The fourth-order valence-corrected chi connectivity index (χ4v) is 13.4. The number of para-hydroxylation sites is 1. The zero-order valence-electron chi connectivity index (χ0n) is 33.8. The van der Waals surface area contributed by atoms with Gasteiger partial charge >= 0.3 is 0 Å². The van der Waals surface area contributed by atoms with Crippen LogP contribution in [-0.2, 0) is 27.3 Å². The number of aliphatic hydroxyl groups excluding tert-OH is 1. The van der Waals surface area contributed by atoms with Crippen LogP contribution in [0.2, 0.25) is 18.6 Å². The van der Waals surface area contributed by atoms with E-state index in [1.165, 1.54) is 10.8 Å². The largest absolute Gasteiger partial charge is 0.497 e. The Bertz CT molecular complexity index is 2070. The lowest BCUT2D eigenvalue weighted by Crippen LogP contribution is -2.56. The van der Waals surface area contributed by atoms with E-state index in [4.69, 9.17) is 14.2 Å². The molecule has 4 aliphatic heterocycles. The molecule has 4 heterocycles. The van der Waals surface area contributed by atoms with Gasteiger partial charge in [0.1, 0.15) is 23.1 Å². The number of aliphatic hydroxyl groups is 1. The summed E-state index contributed by atoms with van der Waals surface area (Å²) in [6, 6.07) is 32.5. The molecule has 300 valence electrons. The van der Waals surface area contributed by atoms with Crippen LogP contribution in [0.5, 0.6) is 11.5 Å². The molecule has 4 aliphatic rings. The molecule has 2 fully saturated rings. The van der Waals surface area contributed by atoms with Crippen molar-refractivity contribution in [3.8, 4) is 11.5 Å². The van der Waals surface area contributed by atoms with E-state index in [0.29, 0.717) is 25.4 Å². The second-order valence-corrected chi connectivity index (χ2v) is 21.6. The first-order chi connectivity index (χ1) is 27.6. The third-order valence-electron chi connectivity index (χ3n) is 13.5. The summed E-state index contributed by atoms with van der Waals surface area (Å²) in [7, 11) is 0.930. The molecule has 0 bridgehead atoms. The average Bonchev–Trinajstić information content (AvgIpc) is 3.52. The molecule has 2 saturated heterocycles. The van der Waals surface area contributed by atoms with E-state index in [1.807, 2.05) is 64.4 Å². The van der Waals surface area contributed by atoms with Crippen LogP contribution in [-0.4, -0.2) is 88.2 Å². The average molecular weight is 789 g/mol. The number of hydrogen-bond donors (Lipinski definition) is 2. The van der Waals surface area contributed by atoms with Crippen LogP contribution in [0.3, 0.4) is 0 Å². The molecule has 2 N–H and O–H groups in total. The number of rotatable bonds is 10. The van der Waals surface area contributed by atoms with E-state index >= 15 is 0 Å². The Morgan fingerprint density at radius 1 is 0.947 bits per heavy atom. The second-order valence-electron chi connectivity index (χ2n) is 16.8. The minimum absolute atomic E-state index is 0.0240. The standard InChI is InChI=1S/C46H56N4O6Si/c1-31-43(55-3)39-26-35(49-30-50(34-13-7-6-8-14-34)46(45(49)53)21-23-47-24-22-46)15-20-40(39)56-44(31)41(57(4,5)38-18-16-37(54-2)17-19-38)27-42(52)48-28-33-12-10-9-11-32(33)25-36(48)29-51/h6-20,26,31,36,41,43-44,47,51H,21-25,27-30H2,1-5H3/t31-,36+,41?,43-,44-/m1/s1. The van der Waals surface area contributed by atoms with Crippen LogP contribution in [0.15, 0.2) is 97.1 Å². The lowest BCUT2D eigenvalue weighted by atomic mass is 9.85. The molecule has 0 saturated carbocycles. The van der Waals surface area contributed by atoms with Crippen LogP contribution in [0, 0.1) is 5.92 Å². The van der Waals surface area contributed by atoms with Crippen molar-refractivity contribution in [1.29, 1.82) is 0 Å². The molecular weight excluding hydrogens is 733 g/mol. The first-order valence-electron chi connectivity index (χ1n) is 20.4. The van der Waals surface area contributed by atoms with E-state index in [1.54, 1.807) is 14.2 Å². The Hall–Kier alpha value is -4.68. The van der Waals surface area contributed by atoms with E-state index in [-0.39, 0.29) is 54.6 Å². The third-order valence-corrected chi connectivity index (χ3v) is 17.7. The zero-order valence-corrected chi connectivity index (χ0v) is 34.8. The Labute approximate surface area is 337 Å². The van der Waals surface area contributed by atoms with Crippen molar-refractivity contribution in [2.45, 2.75) is 81.6 Å². The molecule has 4 aromatic carbocycles. The lowest BCUT2D eigenvalue weighted by Gasteiger charge is -2.46. The SMILES string of the molecule is COc1ccc([Si](C)(C)C(CC(=O)N2Cc3ccccc3C[C@H]2CO)[C@@H]2Oc3ccc(N4CN(c5ccccc5)C5(CCNCC5)C4=O)cc3[C@H](OC)[C@H]2C)cc1. The number of carbonyl (C=O) groups is 2. The predicted octanol–water partition coefficient (Wildman–Crippen LogP) is 6.03. The molecule has 1 unspecified atom stereocenters. The highest BCUT2D eigenvalue weighted by molar-refractivity contribution is 6.91. The summed E-state index contributed by atoms with van der Waals surface area (Å²) in [5.41, 5.74) is 4.33. The van der Waals surface area contributed by atoms with Crippen molar-refractivity contribution in [3.05, 3.63) is 114 Å². The monoisotopic (exact) mass is 788 g/mol. The summed E-state index contributed by atoms with van der Waals surface area (Å²) in [6.45, 7) is 9.23. The number of benzene rings is 4. The summed E-state index contributed by atoms with van der Waals surface area (Å²) in [5.74, 6) is 1.53. The first kappa shape index (κ1) is 39.2. The highest BCUT2D eigenvalue weighted by Crippen LogP contribution is 2.49. The highest BCUT2D eigenvalue weighted by Gasteiger charge is 2.54. The van der Waals surface area contributed by atoms with Crippen molar-refractivity contribution < 1.29 is 28.9 Å². The van der Waals surface area contributed by atoms with Crippen molar-refractivity contribution >= 4 is 36.4 Å². The Morgan fingerprint density at radius 3 is 2.33 bits per heavy atom. The maximum absolute atomic E-state index is 14.7. The van der Waals surface area contributed by atoms with Crippen LogP contribution >= 0.6 is 0 Å². The number of nitrogens with one attached hydrogen (secondary N) is 1. The number of methoxy groups -OCH3 is 2. The molecule has 2 amide bonds. The third kappa shape index (κ3) is 7.02. The Kier molecular flexibility index (Phi) is 10.9. The van der Waals surface area contributed by atoms with Gasteiger partial charge in [-0.3, -0.25) is 14.5 Å².